The van der Waals surface area contributed by atoms with Gasteiger partial charge in [-0.05, 0) is 43.7 Å². The van der Waals surface area contributed by atoms with Gasteiger partial charge in [-0.15, -0.1) is 0 Å². The SMILES string of the molecule is CC(C)Oc1ccccc1-c1cn(C)c(=O)c2[nH]c(C(=O)NCc3ccc(C(=O)NO)cc3)cc12. The molecule has 0 aliphatic rings. The highest BCUT2D eigenvalue weighted by atomic mass is 16.5. The Morgan fingerprint density at radius 3 is 2.46 bits per heavy atom. The van der Waals surface area contributed by atoms with Crippen LogP contribution in [0.25, 0.3) is 22.0 Å². The molecule has 0 bridgehead atoms. The molecule has 4 aromatic rings. The lowest BCUT2D eigenvalue weighted by Gasteiger charge is -2.15. The number of aryl methyl sites for hydroxylation is 1. The number of carbonyl (C=O) groups excluding carboxylic acids is 2. The average molecular weight is 475 g/mol. The lowest BCUT2D eigenvalue weighted by Crippen LogP contribution is -2.23. The van der Waals surface area contributed by atoms with Gasteiger partial charge in [0.15, 0.2) is 0 Å². The van der Waals surface area contributed by atoms with E-state index in [1.165, 1.54) is 4.57 Å². The molecule has 0 spiro atoms. The molecule has 0 aliphatic carbocycles. The molecule has 0 saturated carbocycles. The summed E-state index contributed by atoms with van der Waals surface area (Å²) >= 11 is 0. The van der Waals surface area contributed by atoms with Crippen LogP contribution in [-0.4, -0.2) is 32.7 Å². The molecular formula is C26H26N4O5. The van der Waals surface area contributed by atoms with E-state index in [4.69, 9.17) is 9.94 Å². The lowest BCUT2D eigenvalue weighted by atomic mass is 10.0. The van der Waals surface area contributed by atoms with Gasteiger partial charge in [0.25, 0.3) is 17.4 Å². The monoisotopic (exact) mass is 474 g/mol. The number of para-hydroxylation sites is 1. The first-order chi connectivity index (χ1) is 16.8. The number of ether oxygens (including phenoxy) is 1. The number of hydrogen-bond acceptors (Lipinski definition) is 5. The Kier molecular flexibility index (Phi) is 6.70. The zero-order chi connectivity index (χ0) is 25.1. The number of nitrogens with zero attached hydrogens (tertiary/aromatic N) is 1. The maximum Gasteiger partial charge on any atom is 0.274 e. The highest BCUT2D eigenvalue weighted by Gasteiger charge is 2.18. The fraction of sp³-hybridized carbons (Fsp3) is 0.192. The van der Waals surface area contributed by atoms with E-state index >= 15 is 0 Å². The minimum Gasteiger partial charge on any atom is -0.490 e. The first kappa shape index (κ1) is 23.8. The van der Waals surface area contributed by atoms with Crippen molar-refractivity contribution in [2.24, 2.45) is 7.05 Å². The van der Waals surface area contributed by atoms with Crippen LogP contribution in [0.5, 0.6) is 5.75 Å². The van der Waals surface area contributed by atoms with Crippen LogP contribution in [0, 0.1) is 0 Å². The summed E-state index contributed by atoms with van der Waals surface area (Å²) in [7, 11) is 1.67. The molecule has 180 valence electrons. The Hall–Kier alpha value is -4.37. The standard InChI is InChI=1S/C26H26N4O5/c1-15(2)35-22-7-5-4-6-18(22)20-14-30(3)26(33)23-19(20)12-21(28-23)25(32)27-13-16-8-10-17(11-9-16)24(31)29-34/h4-12,14-15,28,34H,13H2,1-3H3,(H,27,32)(H,29,31). The average Bonchev–Trinajstić information content (AvgIpc) is 3.31. The van der Waals surface area contributed by atoms with Crippen molar-refractivity contribution >= 4 is 22.7 Å². The number of H-pyrrole nitrogens is 1. The van der Waals surface area contributed by atoms with Crippen molar-refractivity contribution in [3.05, 3.63) is 88.0 Å². The van der Waals surface area contributed by atoms with Gasteiger partial charge < -0.3 is 19.6 Å². The Labute approximate surface area is 201 Å². The van der Waals surface area contributed by atoms with Crippen LogP contribution in [-0.2, 0) is 13.6 Å². The van der Waals surface area contributed by atoms with E-state index in [1.54, 1.807) is 49.1 Å². The van der Waals surface area contributed by atoms with Gasteiger partial charge in [0.05, 0.1) is 6.10 Å². The van der Waals surface area contributed by atoms with Crippen LogP contribution in [0.2, 0.25) is 0 Å². The van der Waals surface area contributed by atoms with Crippen LogP contribution >= 0.6 is 0 Å². The van der Waals surface area contributed by atoms with Gasteiger partial charge in [0.1, 0.15) is 17.0 Å². The van der Waals surface area contributed by atoms with Crippen molar-refractivity contribution in [1.82, 2.24) is 20.3 Å². The third-order valence-corrected chi connectivity index (χ3v) is 5.52. The van der Waals surface area contributed by atoms with Gasteiger partial charge in [0.2, 0.25) is 0 Å². The Bertz CT molecular complexity index is 1450. The zero-order valence-corrected chi connectivity index (χ0v) is 19.6. The molecule has 2 aromatic carbocycles. The summed E-state index contributed by atoms with van der Waals surface area (Å²) < 4.78 is 7.45. The molecule has 2 aromatic heterocycles. The third kappa shape index (κ3) is 4.95. The Balaban J connectivity index is 1.65. The number of hydrogen-bond donors (Lipinski definition) is 4. The van der Waals surface area contributed by atoms with Crippen LogP contribution in [0.4, 0.5) is 0 Å². The second-order valence-corrected chi connectivity index (χ2v) is 8.41. The van der Waals surface area contributed by atoms with E-state index in [0.717, 1.165) is 16.7 Å². The molecule has 2 heterocycles. The topological polar surface area (TPSA) is 125 Å². The van der Waals surface area contributed by atoms with Gasteiger partial charge >= 0.3 is 0 Å². The van der Waals surface area contributed by atoms with Crippen molar-refractivity contribution in [3.8, 4) is 16.9 Å². The summed E-state index contributed by atoms with van der Waals surface area (Å²) in [4.78, 5) is 40.1. The number of pyridine rings is 1. The smallest absolute Gasteiger partial charge is 0.274 e. The molecule has 0 aliphatic heterocycles. The summed E-state index contributed by atoms with van der Waals surface area (Å²) in [6.45, 7) is 4.10. The molecule has 4 rings (SSSR count). The van der Waals surface area contributed by atoms with Gasteiger partial charge in [-0.25, -0.2) is 5.48 Å². The molecule has 4 N–H and O–H groups in total. The quantitative estimate of drug-likeness (QED) is 0.241. The minimum absolute atomic E-state index is 0.0289. The number of benzene rings is 2. The Morgan fingerprint density at radius 1 is 1.06 bits per heavy atom. The van der Waals surface area contributed by atoms with E-state index in [1.807, 2.05) is 38.1 Å². The van der Waals surface area contributed by atoms with Crippen LogP contribution in [0.3, 0.4) is 0 Å². The van der Waals surface area contributed by atoms with Crippen molar-refractivity contribution < 1.29 is 19.5 Å². The first-order valence-electron chi connectivity index (χ1n) is 11.1. The second-order valence-electron chi connectivity index (χ2n) is 8.41. The predicted octanol–water partition coefficient (Wildman–Crippen LogP) is 3.37. The number of fused-ring (bicyclic) bond motifs is 1. The number of nitrogens with one attached hydrogen (secondary N) is 3. The van der Waals surface area contributed by atoms with Gasteiger partial charge in [-0.2, -0.15) is 0 Å². The molecule has 9 heteroatoms. The second kappa shape index (κ2) is 9.86. The highest BCUT2D eigenvalue weighted by Crippen LogP contribution is 2.34. The summed E-state index contributed by atoms with van der Waals surface area (Å²) in [6, 6.07) is 15.7. The number of rotatable bonds is 7. The maximum absolute atomic E-state index is 12.9. The molecule has 0 unspecified atom stereocenters. The molecular weight excluding hydrogens is 448 g/mol. The summed E-state index contributed by atoms with van der Waals surface area (Å²) in [5.74, 6) is -0.303. The highest BCUT2D eigenvalue weighted by molar-refractivity contribution is 6.03. The van der Waals surface area contributed by atoms with Crippen molar-refractivity contribution in [2.75, 3.05) is 0 Å². The van der Waals surface area contributed by atoms with Crippen molar-refractivity contribution in [3.63, 3.8) is 0 Å². The fourth-order valence-corrected chi connectivity index (χ4v) is 3.83. The van der Waals surface area contributed by atoms with E-state index < -0.39 is 5.91 Å². The van der Waals surface area contributed by atoms with E-state index in [0.29, 0.717) is 22.2 Å². The predicted molar refractivity (Wildman–Crippen MR) is 132 cm³/mol. The van der Waals surface area contributed by atoms with Gasteiger partial charge in [-0.1, -0.05) is 30.3 Å². The number of aromatic nitrogens is 2. The third-order valence-electron chi connectivity index (χ3n) is 5.52. The largest absolute Gasteiger partial charge is 0.490 e. The van der Waals surface area contributed by atoms with E-state index in [9.17, 15) is 14.4 Å². The molecule has 0 radical (unpaired) electrons. The molecule has 0 fully saturated rings. The summed E-state index contributed by atoms with van der Waals surface area (Å²) in [5.41, 5.74) is 4.56. The van der Waals surface area contributed by atoms with Gasteiger partial charge in [-0.3, -0.25) is 19.6 Å². The molecule has 0 atom stereocenters. The Morgan fingerprint density at radius 2 is 1.77 bits per heavy atom. The van der Waals surface area contributed by atoms with E-state index in [2.05, 4.69) is 10.3 Å². The molecule has 0 saturated heterocycles. The number of amides is 2. The maximum atomic E-state index is 12.9. The first-order valence-corrected chi connectivity index (χ1v) is 11.1. The summed E-state index contributed by atoms with van der Waals surface area (Å²) in [6.07, 6.45) is 1.71. The van der Waals surface area contributed by atoms with Crippen LogP contribution < -0.4 is 21.1 Å². The minimum atomic E-state index is -0.614. The molecule has 2 amide bonds. The van der Waals surface area contributed by atoms with Gasteiger partial charge in [0, 0.05) is 41.9 Å². The number of hydroxylamine groups is 1. The normalized spacial score (nSPS) is 11.0. The van der Waals surface area contributed by atoms with Crippen molar-refractivity contribution in [2.45, 2.75) is 26.5 Å². The summed E-state index contributed by atoms with van der Waals surface area (Å²) in [5, 5.41) is 12.1. The fourth-order valence-electron chi connectivity index (χ4n) is 3.83. The zero-order valence-electron chi connectivity index (χ0n) is 19.6. The number of aromatic amines is 1. The van der Waals surface area contributed by atoms with E-state index in [-0.39, 0.29) is 29.8 Å². The lowest BCUT2D eigenvalue weighted by molar-refractivity contribution is 0.0706. The molecule has 35 heavy (non-hydrogen) atoms. The number of carbonyl (C=O) groups is 2. The van der Waals surface area contributed by atoms with Crippen LogP contribution in [0.15, 0.2) is 65.6 Å². The van der Waals surface area contributed by atoms with Crippen molar-refractivity contribution in [1.29, 1.82) is 0 Å². The molecule has 9 nitrogen and oxygen atoms in total. The van der Waals surface area contributed by atoms with Crippen LogP contribution in [0.1, 0.15) is 40.3 Å².